The molecular formula is C19H28KO5S. The molecule has 0 saturated heterocycles. The van der Waals surface area contributed by atoms with E-state index in [0.29, 0.717) is 36.4 Å². The Balaban J connectivity index is 0.00000196. The summed E-state index contributed by atoms with van der Waals surface area (Å²) in [4.78, 5) is 12.4. The summed E-state index contributed by atoms with van der Waals surface area (Å²) in [5.74, 6) is 2.10. The zero-order valence-corrected chi connectivity index (χ0v) is 20.0. The Morgan fingerprint density at radius 2 is 1.77 bits per heavy atom. The van der Waals surface area contributed by atoms with E-state index in [0.717, 1.165) is 38.5 Å². The van der Waals surface area contributed by atoms with Crippen LogP contribution in [0.1, 0.15) is 65.2 Å². The molecule has 6 unspecified atom stereocenters. The molecule has 4 aliphatic carbocycles. The van der Waals surface area contributed by atoms with E-state index in [9.17, 15) is 13.2 Å². The molecule has 6 atom stereocenters. The molecule has 1 radical (unpaired) electrons. The third-order valence-electron chi connectivity index (χ3n) is 8.03. The first kappa shape index (κ1) is 21.6. The van der Waals surface area contributed by atoms with Crippen molar-refractivity contribution in [2.75, 3.05) is 0 Å². The number of hydrogen-bond donors (Lipinski definition) is 1. The van der Waals surface area contributed by atoms with Crippen molar-refractivity contribution in [1.29, 1.82) is 0 Å². The van der Waals surface area contributed by atoms with Crippen LogP contribution in [-0.4, -0.2) is 76.2 Å². The second-order valence-corrected chi connectivity index (χ2v) is 10.1. The normalized spacial score (nSPS) is 45.0. The maximum Gasteiger partial charge on any atom is 0.397 e. The van der Waals surface area contributed by atoms with Crippen LogP contribution in [0, 0.1) is 28.6 Å². The van der Waals surface area contributed by atoms with E-state index in [1.807, 2.05) is 0 Å². The van der Waals surface area contributed by atoms with E-state index in [-0.39, 0.29) is 62.2 Å². The van der Waals surface area contributed by atoms with Crippen molar-refractivity contribution < 1.29 is 21.9 Å². The summed E-state index contributed by atoms with van der Waals surface area (Å²) in [6.07, 6.45) is 8.79. The number of Topliss-reactive ketones (excluding diaryl/α,β-unsaturated/α-hetero) is 1. The van der Waals surface area contributed by atoms with Gasteiger partial charge in [0.2, 0.25) is 0 Å². The molecule has 5 nitrogen and oxygen atoms in total. The molecule has 7 heteroatoms. The van der Waals surface area contributed by atoms with Gasteiger partial charge in [0.15, 0.2) is 0 Å². The van der Waals surface area contributed by atoms with Gasteiger partial charge < -0.3 is 0 Å². The van der Waals surface area contributed by atoms with Gasteiger partial charge in [-0.3, -0.25) is 9.35 Å². The smallest absolute Gasteiger partial charge is 0.299 e. The molecule has 141 valence electrons. The first-order valence-electron chi connectivity index (χ1n) is 9.52. The molecule has 0 aromatic rings. The van der Waals surface area contributed by atoms with Crippen molar-refractivity contribution >= 4 is 67.6 Å². The third kappa shape index (κ3) is 3.49. The Bertz CT molecular complexity index is 732. The van der Waals surface area contributed by atoms with Crippen LogP contribution in [0.3, 0.4) is 0 Å². The minimum atomic E-state index is -4.40. The molecule has 0 spiro atoms. The van der Waals surface area contributed by atoms with Crippen LogP contribution in [0.15, 0.2) is 11.6 Å². The predicted octanol–water partition coefficient (Wildman–Crippen LogP) is 3.33. The fourth-order valence-corrected chi connectivity index (χ4v) is 7.16. The maximum absolute atomic E-state index is 12.4. The summed E-state index contributed by atoms with van der Waals surface area (Å²) < 4.78 is 35.9. The van der Waals surface area contributed by atoms with Crippen molar-refractivity contribution in [3.63, 3.8) is 0 Å². The number of allylic oxidation sites excluding steroid dienone is 1. The van der Waals surface area contributed by atoms with Crippen LogP contribution in [0.2, 0.25) is 0 Å². The molecule has 3 saturated carbocycles. The van der Waals surface area contributed by atoms with Gasteiger partial charge in [-0.2, -0.15) is 8.42 Å². The largest absolute Gasteiger partial charge is 0.397 e. The summed E-state index contributed by atoms with van der Waals surface area (Å²) >= 11 is 0. The Kier molecular flexibility index (Phi) is 6.08. The minimum Gasteiger partial charge on any atom is -0.299 e. The van der Waals surface area contributed by atoms with Crippen molar-refractivity contribution in [1.82, 2.24) is 0 Å². The fourth-order valence-electron chi connectivity index (χ4n) is 6.65. The van der Waals surface area contributed by atoms with Crippen LogP contribution >= 0.6 is 0 Å². The van der Waals surface area contributed by atoms with E-state index in [1.165, 1.54) is 5.57 Å². The van der Waals surface area contributed by atoms with E-state index in [2.05, 4.69) is 19.9 Å². The van der Waals surface area contributed by atoms with Crippen LogP contribution in [-0.2, 0) is 19.4 Å². The second kappa shape index (κ2) is 7.31. The number of carbonyl (C=O) groups excluding carboxylic acids is 1. The number of carbonyl (C=O) groups is 1. The molecule has 4 rings (SSSR count). The minimum absolute atomic E-state index is 0. The van der Waals surface area contributed by atoms with Crippen LogP contribution in [0.5, 0.6) is 0 Å². The molecule has 0 aliphatic heterocycles. The average Bonchev–Trinajstić information content (AvgIpc) is 2.82. The van der Waals surface area contributed by atoms with E-state index < -0.39 is 16.5 Å². The average molecular weight is 408 g/mol. The van der Waals surface area contributed by atoms with Crippen LogP contribution < -0.4 is 0 Å². The van der Waals surface area contributed by atoms with Crippen molar-refractivity contribution in [3.05, 3.63) is 11.6 Å². The molecule has 0 aromatic heterocycles. The SMILES string of the molecule is CC12CCC3C(CC=C4CC(OS(=O)(=O)O)CCC43C)C1CCC2=O.[K]. The molecule has 3 fully saturated rings. The van der Waals surface area contributed by atoms with E-state index in [1.54, 1.807) is 0 Å². The van der Waals surface area contributed by atoms with E-state index in [4.69, 9.17) is 8.74 Å². The van der Waals surface area contributed by atoms with Gasteiger partial charge in [0.25, 0.3) is 0 Å². The van der Waals surface area contributed by atoms with Gasteiger partial charge in [-0.15, -0.1) is 0 Å². The zero-order chi connectivity index (χ0) is 18.0. The first-order valence-corrected chi connectivity index (χ1v) is 10.9. The third-order valence-corrected chi connectivity index (χ3v) is 8.54. The molecule has 1 N–H and O–H groups in total. The van der Waals surface area contributed by atoms with E-state index >= 15 is 0 Å². The predicted molar refractivity (Wildman–Crippen MR) is 98.9 cm³/mol. The molecule has 0 amide bonds. The maximum atomic E-state index is 12.4. The molecule has 26 heavy (non-hydrogen) atoms. The Labute approximate surface area is 199 Å². The summed E-state index contributed by atoms with van der Waals surface area (Å²) in [6, 6.07) is 0. The van der Waals surface area contributed by atoms with Gasteiger partial charge in [-0.05, 0) is 68.1 Å². The van der Waals surface area contributed by atoms with Gasteiger partial charge in [-0.1, -0.05) is 25.5 Å². The summed E-state index contributed by atoms with van der Waals surface area (Å²) in [5, 5.41) is 0. The van der Waals surface area contributed by atoms with Gasteiger partial charge in [0.1, 0.15) is 5.78 Å². The van der Waals surface area contributed by atoms with Gasteiger partial charge >= 0.3 is 10.4 Å². The van der Waals surface area contributed by atoms with Gasteiger partial charge in [0, 0.05) is 63.2 Å². The summed E-state index contributed by atoms with van der Waals surface area (Å²) in [5.41, 5.74) is 1.25. The van der Waals surface area contributed by atoms with Crippen LogP contribution in [0.25, 0.3) is 0 Å². The van der Waals surface area contributed by atoms with Gasteiger partial charge in [0.05, 0.1) is 6.10 Å². The Morgan fingerprint density at radius 3 is 2.46 bits per heavy atom. The van der Waals surface area contributed by atoms with Crippen molar-refractivity contribution in [3.8, 4) is 0 Å². The van der Waals surface area contributed by atoms with Crippen molar-refractivity contribution in [2.24, 2.45) is 28.6 Å². The number of fused-ring (bicyclic) bond motifs is 5. The molecule has 4 aliphatic rings. The molecule has 0 aromatic carbocycles. The van der Waals surface area contributed by atoms with Crippen LogP contribution in [0.4, 0.5) is 0 Å². The summed E-state index contributed by atoms with van der Waals surface area (Å²) in [7, 11) is -4.40. The van der Waals surface area contributed by atoms with Gasteiger partial charge in [-0.25, -0.2) is 4.18 Å². The number of rotatable bonds is 2. The topological polar surface area (TPSA) is 80.7 Å². The number of ketones is 1. The molecule has 0 heterocycles. The summed E-state index contributed by atoms with van der Waals surface area (Å²) in [6.45, 7) is 4.50. The first-order chi connectivity index (χ1) is 11.6. The fraction of sp³-hybridized carbons (Fsp3) is 0.842. The standard InChI is InChI=1S/C19H28O5S.K/c1-18-9-7-13(24-25(21,22)23)11-12(18)3-4-14-15-5-6-17(20)19(15,2)10-8-16(14)18;/h3,13-16H,4-11H2,1-2H3,(H,21,22,23);. The monoisotopic (exact) mass is 407 g/mol. The quantitative estimate of drug-likeness (QED) is 0.431. The van der Waals surface area contributed by atoms with Crippen molar-refractivity contribution in [2.45, 2.75) is 71.3 Å². The zero-order valence-electron chi connectivity index (χ0n) is 16.0. The Hall–Kier alpha value is 0.916. The molecular weight excluding hydrogens is 379 g/mol. The Morgan fingerprint density at radius 1 is 1.12 bits per heavy atom. The number of hydrogen-bond acceptors (Lipinski definition) is 4. The molecule has 0 bridgehead atoms. The second-order valence-electron chi connectivity index (χ2n) is 9.07.